The average Bonchev–Trinajstić information content (AvgIpc) is 2.33. The summed E-state index contributed by atoms with van der Waals surface area (Å²) in [7, 11) is 0. The van der Waals surface area contributed by atoms with E-state index >= 15 is 0 Å². The molecule has 0 spiro atoms. The number of ether oxygens (including phenoxy) is 2. The van der Waals surface area contributed by atoms with Gasteiger partial charge in [-0.15, -0.1) is 0 Å². The molecule has 3 heteroatoms. The van der Waals surface area contributed by atoms with Gasteiger partial charge in [-0.05, 0) is 24.3 Å². The quantitative estimate of drug-likeness (QED) is 0.439. The van der Waals surface area contributed by atoms with Crippen LogP contribution in [0.25, 0.3) is 0 Å². The summed E-state index contributed by atoms with van der Waals surface area (Å²) in [5, 5.41) is 0. The van der Waals surface area contributed by atoms with Gasteiger partial charge in [-0.25, -0.2) is 0 Å². The zero-order chi connectivity index (χ0) is 13.6. The summed E-state index contributed by atoms with van der Waals surface area (Å²) in [4.78, 5) is 12.0. The number of Topliss-reactive ketones (excluding diaryl/α,β-unsaturated/α-hetero) is 1. The first-order chi connectivity index (χ1) is 8.45. The molecule has 1 aromatic carbocycles. The van der Waals surface area contributed by atoms with Crippen molar-refractivity contribution in [2.45, 2.75) is 20.8 Å². The lowest BCUT2D eigenvalue weighted by atomic mass is 9.86. The highest BCUT2D eigenvalue weighted by atomic mass is 16.5. The lowest BCUT2D eigenvalue weighted by molar-refractivity contribution is 0.0858. The van der Waals surface area contributed by atoms with E-state index in [4.69, 9.17) is 9.47 Å². The number of hydrogen-bond acceptors (Lipinski definition) is 3. The fraction of sp³-hybridized carbons (Fsp3) is 0.400. The predicted octanol–water partition coefficient (Wildman–Crippen LogP) is 3.45. The molecule has 0 N–H and O–H groups in total. The largest absolute Gasteiger partial charge is 0.498 e. The Bertz CT molecular complexity index is 399. The van der Waals surface area contributed by atoms with E-state index in [0.717, 1.165) is 5.75 Å². The van der Waals surface area contributed by atoms with Crippen molar-refractivity contribution in [1.82, 2.24) is 0 Å². The molecule has 18 heavy (non-hydrogen) atoms. The lowest BCUT2D eigenvalue weighted by Crippen LogP contribution is -2.20. The predicted molar refractivity (Wildman–Crippen MR) is 71.9 cm³/mol. The normalized spacial score (nSPS) is 10.8. The molecule has 0 radical (unpaired) electrons. The Kier molecular flexibility index (Phi) is 4.95. The van der Waals surface area contributed by atoms with Gasteiger partial charge in [0.25, 0.3) is 0 Å². The molecular formula is C15H20O3. The van der Waals surface area contributed by atoms with Crippen molar-refractivity contribution in [2.75, 3.05) is 13.2 Å². The van der Waals surface area contributed by atoms with E-state index in [1.54, 1.807) is 24.3 Å². The first kappa shape index (κ1) is 14.3. The number of carbonyl (C=O) groups is 1. The number of benzene rings is 1. The third kappa shape index (κ3) is 4.24. The fourth-order valence-corrected chi connectivity index (χ4v) is 1.43. The Morgan fingerprint density at radius 3 is 2.33 bits per heavy atom. The van der Waals surface area contributed by atoms with E-state index in [-0.39, 0.29) is 11.2 Å². The summed E-state index contributed by atoms with van der Waals surface area (Å²) >= 11 is 0. The summed E-state index contributed by atoms with van der Waals surface area (Å²) in [6, 6.07) is 7.17. The summed E-state index contributed by atoms with van der Waals surface area (Å²) in [6.45, 7) is 10.1. The highest BCUT2D eigenvalue weighted by Crippen LogP contribution is 2.22. The highest BCUT2D eigenvalue weighted by molar-refractivity contribution is 5.99. The molecule has 3 nitrogen and oxygen atoms in total. The van der Waals surface area contributed by atoms with Crippen LogP contribution in [0.3, 0.4) is 0 Å². The molecule has 0 aliphatic rings. The van der Waals surface area contributed by atoms with Gasteiger partial charge in [0.15, 0.2) is 5.78 Å². The van der Waals surface area contributed by atoms with Crippen molar-refractivity contribution in [2.24, 2.45) is 5.41 Å². The van der Waals surface area contributed by atoms with Crippen molar-refractivity contribution in [1.29, 1.82) is 0 Å². The van der Waals surface area contributed by atoms with Crippen molar-refractivity contribution < 1.29 is 14.3 Å². The first-order valence-corrected chi connectivity index (χ1v) is 5.95. The van der Waals surface area contributed by atoms with Crippen LogP contribution in [0.4, 0.5) is 0 Å². The highest BCUT2D eigenvalue weighted by Gasteiger charge is 2.22. The zero-order valence-corrected chi connectivity index (χ0v) is 11.2. The summed E-state index contributed by atoms with van der Waals surface area (Å²) in [5.41, 5.74) is 0.345. The van der Waals surface area contributed by atoms with Gasteiger partial charge in [0.2, 0.25) is 0 Å². The Morgan fingerprint density at radius 1 is 1.22 bits per heavy atom. The van der Waals surface area contributed by atoms with E-state index in [1.165, 1.54) is 6.26 Å². The van der Waals surface area contributed by atoms with Gasteiger partial charge in [0.1, 0.15) is 19.0 Å². The minimum absolute atomic E-state index is 0.129. The van der Waals surface area contributed by atoms with E-state index in [1.807, 2.05) is 20.8 Å². The smallest absolute Gasteiger partial charge is 0.168 e. The molecule has 1 aromatic rings. The Balaban J connectivity index is 2.57. The van der Waals surface area contributed by atoms with Crippen molar-refractivity contribution in [3.8, 4) is 5.75 Å². The molecule has 0 unspecified atom stereocenters. The number of hydrogen-bond donors (Lipinski definition) is 0. The zero-order valence-electron chi connectivity index (χ0n) is 11.2. The summed E-state index contributed by atoms with van der Waals surface area (Å²) in [5.74, 6) is 0.858. The summed E-state index contributed by atoms with van der Waals surface area (Å²) in [6.07, 6.45) is 1.38. The first-order valence-electron chi connectivity index (χ1n) is 5.95. The molecule has 98 valence electrons. The minimum atomic E-state index is -0.361. The SMILES string of the molecule is C=COCCOc1ccc(C(=O)C(C)(C)C)cc1. The second kappa shape index (κ2) is 6.24. The topological polar surface area (TPSA) is 35.5 Å². The molecular weight excluding hydrogens is 228 g/mol. The number of ketones is 1. The Morgan fingerprint density at radius 2 is 1.83 bits per heavy atom. The van der Waals surface area contributed by atoms with Crippen LogP contribution in [0, 0.1) is 5.41 Å². The van der Waals surface area contributed by atoms with Gasteiger partial charge in [-0.2, -0.15) is 0 Å². The van der Waals surface area contributed by atoms with Crippen molar-refractivity contribution >= 4 is 5.78 Å². The maximum absolute atomic E-state index is 12.0. The summed E-state index contributed by atoms with van der Waals surface area (Å²) < 4.78 is 10.4. The number of carbonyl (C=O) groups excluding carboxylic acids is 1. The van der Waals surface area contributed by atoms with E-state index in [9.17, 15) is 4.79 Å². The van der Waals surface area contributed by atoms with Gasteiger partial charge < -0.3 is 9.47 Å². The van der Waals surface area contributed by atoms with Crippen LogP contribution in [0.1, 0.15) is 31.1 Å². The van der Waals surface area contributed by atoms with E-state index < -0.39 is 0 Å². The molecule has 0 heterocycles. The Labute approximate surface area is 108 Å². The molecule has 0 fully saturated rings. The third-order valence-electron chi connectivity index (χ3n) is 2.39. The van der Waals surface area contributed by atoms with Crippen LogP contribution in [0.2, 0.25) is 0 Å². The van der Waals surface area contributed by atoms with Crippen LogP contribution in [-0.4, -0.2) is 19.0 Å². The van der Waals surface area contributed by atoms with Crippen LogP contribution in [-0.2, 0) is 4.74 Å². The van der Waals surface area contributed by atoms with Gasteiger partial charge in [0.05, 0.1) is 6.26 Å². The van der Waals surface area contributed by atoms with Crippen LogP contribution < -0.4 is 4.74 Å². The van der Waals surface area contributed by atoms with Crippen LogP contribution in [0.5, 0.6) is 5.75 Å². The Hall–Kier alpha value is -1.77. The molecule has 0 atom stereocenters. The third-order valence-corrected chi connectivity index (χ3v) is 2.39. The molecule has 0 aromatic heterocycles. The van der Waals surface area contributed by atoms with E-state index in [0.29, 0.717) is 18.8 Å². The maximum Gasteiger partial charge on any atom is 0.168 e. The molecule has 1 rings (SSSR count). The molecule has 0 bridgehead atoms. The van der Waals surface area contributed by atoms with Gasteiger partial charge in [0, 0.05) is 11.0 Å². The fourth-order valence-electron chi connectivity index (χ4n) is 1.43. The van der Waals surface area contributed by atoms with E-state index in [2.05, 4.69) is 6.58 Å². The average molecular weight is 248 g/mol. The molecule has 0 saturated carbocycles. The van der Waals surface area contributed by atoms with Gasteiger partial charge >= 0.3 is 0 Å². The maximum atomic E-state index is 12.0. The van der Waals surface area contributed by atoms with Gasteiger partial charge in [-0.1, -0.05) is 27.4 Å². The standard InChI is InChI=1S/C15H20O3/c1-5-17-10-11-18-13-8-6-12(7-9-13)14(16)15(2,3)4/h5-9H,1,10-11H2,2-4H3. The minimum Gasteiger partial charge on any atom is -0.498 e. The molecule has 0 aliphatic heterocycles. The number of rotatable bonds is 6. The van der Waals surface area contributed by atoms with Crippen LogP contribution in [0.15, 0.2) is 37.1 Å². The van der Waals surface area contributed by atoms with Crippen molar-refractivity contribution in [3.63, 3.8) is 0 Å². The monoisotopic (exact) mass is 248 g/mol. The van der Waals surface area contributed by atoms with Gasteiger partial charge in [-0.3, -0.25) is 4.79 Å². The second-order valence-electron chi connectivity index (χ2n) is 4.99. The second-order valence-corrected chi connectivity index (χ2v) is 4.99. The molecule has 0 saturated heterocycles. The molecule has 0 aliphatic carbocycles. The molecule has 0 amide bonds. The van der Waals surface area contributed by atoms with Crippen LogP contribution >= 0.6 is 0 Å². The van der Waals surface area contributed by atoms with Crippen molar-refractivity contribution in [3.05, 3.63) is 42.7 Å². The lowest BCUT2D eigenvalue weighted by Gasteiger charge is -2.16.